The second-order valence-electron chi connectivity index (χ2n) is 4.74. The van der Waals surface area contributed by atoms with Crippen LogP contribution in [0.5, 0.6) is 0 Å². The molecular weight excluding hydrogens is 322 g/mol. The van der Waals surface area contributed by atoms with Gasteiger partial charge in [-0.3, -0.25) is 9.69 Å². The Morgan fingerprint density at radius 1 is 1.40 bits per heavy atom. The summed E-state index contributed by atoms with van der Waals surface area (Å²) >= 11 is 1.34. The summed E-state index contributed by atoms with van der Waals surface area (Å²) in [7, 11) is 1.59. The second kappa shape index (κ2) is 6.36. The Hall–Kier alpha value is -0.730. The number of rotatable bonds is 6. The minimum absolute atomic E-state index is 0.0637. The lowest BCUT2D eigenvalue weighted by Crippen LogP contribution is -2.26. The van der Waals surface area contributed by atoms with Crippen molar-refractivity contribution in [1.29, 1.82) is 0 Å². The maximum absolute atomic E-state index is 11.8. The van der Waals surface area contributed by atoms with Crippen molar-refractivity contribution in [1.82, 2.24) is 10.2 Å². The van der Waals surface area contributed by atoms with Crippen molar-refractivity contribution in [2.45, 2.75) is 44.3 Å². The number of hydrogen-bond acceptors (Lipinski definition) is 6. The third-order valence-electron chi connectivity index (χ3n) is 3.17. The van der Waals surface area contributed by atoms with Crippen LogP contribution in [0.4, 0.5) is 5.13 Å². The lowest BCUT2D eigenvalue weighted by atomic mass is 10.2. The van der Waals surface area contributed by atoms with Crippen molar-refractivity contribution in [2.75, 3.05) is 11.4 Å². The van der Waals surface area contributed by atoms with Gasteiger partial charge in [0.05, 0.1) is 0 Å². The molecule has 1 aromatic heterocycles. The molecule has 1 aliphatic rings. The number of hydrogen-bond donors (Lipinski definition) is 0. The number of aryl methyl sites for hydroxylation is 1. The molecule has 1 unspecified atom stereocenters. The van der Waals surface area contributed by atoms with Crippen LogP contribution in [0.3, 0.4) is 0 Å². The van der Waals surface area contributed by atoms with Gasteiger partial charge < -0.3 is 0 Å². The molecule has 9 heteroatoms. The molecule has 20 heavy (non-hydrogen) atoms. The van der Waals surface area contributed by atoms with Gasteiger partial charge in [-0.1, -0.05) is 31.1 Å². The lowest BCUT2D eigenvalue weighted by molar-refractivity contribution is -0.117. The molecule has 1 atom stereocenters. The third kappa shape index (κ3) is 3.67. The molecule has 1 fully saturated rings. The normalized spacial score (nSPS) is 19.8. The summed E-state index contributed by atoms with van der Waals surface area (Å²) < 4.78 is 22.6. The van der Waals surface area contributed by atoms with Crippen LogP contribution in [0, 0.1) is 0 Å². The van der Waals surface area contributed by atoms with Crippen LogP contribution in [0.25, 0.3) is 0 Å². The number of halogens is 1. The predicted octanol–water partition coefficient (Wildman–Crippen LogP) is 1.94. The first kappa shape index (κ1) is 15.7. The molecule has 2 heterocycles. The Balaban J connectivity index is 2.03. The molecule has 0 saturated carbocycles. The average molecular weight is 338 g/mol. The molecule has 0 aliphatic carbocycles. The standard InChI is InChI=1S/C11H16ClN3O3S2/c1-2-3-4-5-9-13-14-11(19-9)15-7-8(6-10(15)16)20(12,17)18/h8H,2-7H2,1H3. The van der Waals surface area contributed by atoms with E-state index in [2.05, 4.69) is 17.1 Å². The Kier molecular flexibility index (Phi) is 4.98. The fourth-order valence-corrected chi connectivity index (χ4v) is 3.96. The molecule has 0 radical (unpaired) electrons. The van der Waals surface area contributed by atoms with Gasteiger partial charge in [0.1, 0.15) is 10.3 Å². The maximum Gasteiger partial charge on any atom is 0.237 e. The van der Waals surface area contributed by atoms with Crippen molar-refractivity contribution >= 4 is 42.1 Å². The molecule has 0 spiro atoms. The minimum Gasteiger partial charge on any atom is -0.285 e. The van der Waals surface area contributed by atoms with Gasteiger partial charge in [-0.05, 0) is 6.42 Å². The van der Waals surface area contributed by atoms with Crippen molar-refractivity contribution in [3.63, 3.8) is 0 Å². The maximum atomic E-state index is 11.8. The highest BCUT2D eigenvalue weighted by Gasteiger charge is 2.39. The zero-order chi connectivity index (χ0) is 14.8. The van der Waals surface area contributed by atoms with Crippen LogP contribution in [-0.4, -0.2) is 36.3 Å². The van der Waals surface area contributed by atoms with E-state index < -0.39 is 14.3 Å². The number of aromatic nitrogens is 2. The SMILES string of the molecule is CCCCCc1nnc(N2CC(S(=O)(=O)Cl)CC2=O)s1. The highest BCUT2D eigenvalue weighted by Crippen LogP contribution is 2.29. The largest absolute Gasteiger partial charge is 0.285 e. The molecule has 1 aliphatic heterocycles. The van der Waals surface area contributed by atoms with Gasteiger partial charge in [0, 0.05) is 30.1 Å². The topological polar surface area (TPSA) is 80.2 Å². The molecule has 0 N–H and O–H groups in total. The summed E-state index contributed by atoms with van der Waals surface area (Å²) in [5.74, 6) is -0.268. The minimum atomic E-state index is -3.72. The predicted molar refractivity (Wildman–Crippen MR) is 78.7 cm³/mol. The Morgan fingerprint density at radius 2 is 2.15 bits per heavy atom. The molecule has 2 rings (SSSR count). The number of carbonyl (C=O) groups excluding carboxylic acids is 1. The lowest BCUT2D eigenvalue weighted by Gasteiger charge is -2.10. The molecule has 1 amide bonds. The van der Waals surface area contributed by atoms with Crippen LogP contribution in [0.1, 0.15) is 37.6 Å². The number of nitrogens with zero attached hydrogens (tertiary/aromatic N) is 3. The zero-order valence-corrected chi connectivity index (χ0v) is 13.5. The van der Waals surface area contributed by atoms with E-state index in [4.69, 9.17) is 10.7 Å². The van der Waals surface area contributed by atoms with E-state index in [1.54, 1.807) is 0 Å². The quantitative estimate of drug-likeness (QED) is 0.585. The van der Waals surface area contributed by atoms with Crippen LogP contribution in [-0.2, 0) is 20.3 Å². The van der Waals surface area contributed by atoms with E-state index in [1.165, 1.54) is 16.2 Å². The van der Waals surface area contributed by atoms with Crippen molar-refractivity contribution in [3.05, 3.63) is 5.01 Å². The van der Waals surface area contributed by atoms with Gasteiger partial charge >= 0.3 is 0 Å². The Bertz CT molecular complexity index is 587. The number of carbonyl (C=O) groups is 1. The van der Waals surface area contributed by atoms with Gasteiger partial charge in [-0.15, -0.1) is 10.2 Å². The fraction of sp³-hybridized carbons (Fsp3) is 0.727. The monoisotopic (exact) mass is 337 g/mol. The van der Waals surface area contributed by atoms with Gasteiger partial charge in [-0.2, -0.15) is 0 Å². The summed E-state index contributed by atoms with van der Waals surface area (Å²) in [5.41, 5.74) is 0. The first-order valence-corrected chi connectivity index (χ1v) is 9.67. The van der Waals surface area contributed by atoms with Gasteiger partial charge in [-0.25, -0.2) is 8.42 Å². The zero-order valence-electron chi connectivity index (χ0n) is 11.1. The molecule has 0 aromatic carbocycles. The summed E-state index contributed by atoms with van der Waals surface area (Å²) in [6.45, 7) is 2.19. The molecule has 1 saturated heterocycles. The van der Waals surface area contributed by atoms with Crippen LogP contribution in [0.2, 0.25) is 0 Å². The molecule has 0 bridgehead atoms. The number of unbranched alkanes of at least 4 members (excludes halogenated alkanes) is 2. The van der Waals surface area contributed by atoms with Crippen LogP contribution in [0.15, 0.2) is 0 Å². The second-order valence-corrected chi connectivity index (χ2v) is 8.69. The van der Waals surface area contributed by atoms with E-state index in [0.29, 0.717) is 5.13 Å². The average Bonchev–Trinajstić information content (AvgIpc) is 2.95. The van der Waals surface area contributed by atoms with E-state index in [-0.39, 0.29) is 18.9 Å². The van der Waals surface area contributed by atoms with Crippen molar-refractivity contribution in [2.24, 2.45) is 0 Å². The fourth-order valence-electron chi connectivity index (χ4n) is 2.03. The summed E-state index contributed by atoms with van der Waals surface area (Å²) in [4.78, 5) is 13.2. The number of anilines is 1. The molecule has 6 nitrogen and oxygen atoms in total. The van der Waals surface area contributed by atoms with E-state index in [1.807, 2.05) is 0 Å². The first-order chi connectivity index (χ1) is 9.41. The molecule has 112 valence electrons. The van der Waals surface area contributed by atoms with Crippen molar-refractivity contribution < 1.29 is 13.2 Å². The van der Waals surface area contributed by atoms with E-state index >= 15 is 0 Å². The van der Waals surface area contributed by atoms with Crippen LogP contribution >= 0.6 is 22.0 Å². The highest BCUT2D eigenvalue weighted by atomic mass is 35.7. The first-order valence-electron chi connectivity index (χ1n) is 6.48. The van der Waals surface area contributed by atoms with Crippen molar-refractivity contribution in [3.8, 4) is 0 Å². The van der Waals surface area contributed by atoms with Gasteiger partial charge in [0.25, 0.3) is 0 Å². The summed E-state index contributed by atoms with van der Waals surface area (Å²) in [5, 5.41) is 8.50. The summed E-state index contributed by atoms with van der Waals surface area (Å²) in [6, 6.07) is 0. The van der Waals surface area contributed by atoms with Gasteiger partial charge in [0.15, 0.2) is 0 Å². The third-order valence-corrected chi connectivity index (χ3v) is 6.04. The van der Waals surface area contributed by atoms with E-state index in [0.717, 1.165) is 30.7 Å². The molecular formula is C11H16ClN3O3S2. The molecule has 1 aromatic rings. The van der Waals surface area contributed by atoms with Crippen LogP contribution < -0.4 is 4.90 Å². The Morgan fingerprint density at radius 3 is 2.75 bits per heavy atom. The summed E-state index contributed by atoms with van der Waals surface area (Å²) in [6.07, 6.45) is 4.05. The van der Waals surface area contributed by atoms with Gasteiger partial charge in [0.2, 0.25) is 20.1 Å². The smallest absolute Gasteiger partial charge is 0.237 e. The highest BCUT2D eigenvalue weighted by molar-refractivity contribution is 8.14. The number of amides is 1. The van der Waals surface area contributed by atoms with E-state index in [9.17, 15) is 13.2 Å². The Labute approximate surface area is 126 Å².